The Kier molecular flexibility index (Phi) is 7.97. The summed E-state index contributed by atoms with van der Waals surface area (Å²) in [6, 6.07) is 20.5. The maximum atomic E-state index is 13.1. The number of carboxylic acid groups (broad SMARTS) is 1. The van der Waals surface area contributed by atoms with Gasteiger partial charge in [-0.05, 0) is 65.1 Å². The van der Waals surface area contributed by atoms with Crippen LogP contribution in [-0.2, 0) is 11.2 Å². The van der Waals surface area contributed by atoms with E-state index in [1.807, 2.05) is 48.5 Å². The van der Waals surface area contributed by atoms with Crippen molar-refractivity contribution in [1.29, 1.82) is 0 Å². The molecule has 196 valence electrons. The molecule has 1 aliphatic rings. The Morgan fingerprint density at radius 3 is 2.62 bits per heavy atom. The number of thioether (sulfide) groups is 1. The number of nitrogens with zero attached hydrogens (tertiary/aromatic N) is 3. The average Bonchev–Trinajstić information content (AvgIpc) is 3.22. The third kappa shape index (κ3) is 5.98. The van der Waals surface area contributed by atoms with E-state index in [1.54, 1.807) is 29.2 Å². The van der Waals surface area contributed by atoms with Crippen LogP contribution in [-0.4, -0.2) is 61.0 Å². The van der Waals surface area contributed by atoms with Crippen molar-refractivity contribution < 1.29 is 19.8 Å². The molecule has 1 aliphatic heterocycles. The number of carbonyl (C=O) groups excluding carboxylic acids is 1. The highest BCUT2D eigenvalue weighted by atomic mass is 32.2. The zero-order valence-corrected chi connectivity index (χ0v) is 22.3. The molecule has 1 saturated heterocycles. The molecule has 0 radical (unpaired) electrons. The summed E-state index contributed by atoms with van der Waals surface area (Å²) in [5.74, 6) is -0.448. The lowest BCUT2D eigenvalue weighted by atomic mass is 10.0. The van der Waals surface area contributed by atoms with Gasteiger partial charge in [0, 0.05) is 18.5 Å². The second kappa shape index (κ2) is 11.7. The van der Waals surface area contributed by atoms with Crippen LogP contribution in [0.5, 0.6) is 0 Å². The van der Waals surface area contributed by atoms with Gasteiger partial charge in [0.15, 0.2) is 0 Å². The fourth-order valence-corrected chi connectivity index (χ4v) is 5.57. The normalized spacial score (nSPS) is 14.4. The van der Waals surface area contributed by atoms with Gasteiger partial charge < -0.3 is 15.5 Å². The van der Waals surface area contributed by atoms with Crippen molar-refractivity contribution in [1.82, 2.24) is 14.9 Å². The van der Waals surface area contributed by atoms with E-state index in [0.717, 1.165) is 33.2 Å². The van der Waals surface area contributed by atoms with Gasteiger partial charge in [0.25, 0.3) is 5.91 Å². The maximum absolute atomic E-state index is 13.1. The van der Waals surface area contributed by atoms with E-state index in [2.05, 4.69) is 15.3 Å². The Morgan fingerprint density at radius 2 is 1.85 bits per heavy atom. The first-order chi connectivity index (χ1) is 18.9. The van der Waals surface area contributed by atoms with Crippen LogP contribution in [0.1, 0.15) is 21.5 Å². The van der Waals surface area contributed by atoms with Gasteiger partial charge in [0.2, 0.25) is 0 Å². The molecule has 3 N–H and O–H groups in total. The second-order valence-corrected chi connectivity index (χ2v) is 10.5. The van der Waals surface area contributed by atoms with Crippen molar-refractivity contribution in [2.24, 2.45) is 0 Å². The van der Waals surface area contributed by atoms with Gasteiger partial charge in [0.1, 0.15) is 16.5 Å². The molecule has 0 saturated carbocycles. The monoisotopic (exact) mass is 556 g/mol. The number of rotatable bonds is 9. The van der Waals surface area contributed by atoms with Gasteiger partial charge in [0.05, 0.1) is 22.6 Å². The zero-order chi connectivity index (χ0) is 27.4. The van der Waals surface area contributed by atoms with Crippen molar-refractivity contribution in [3.05, 3.63) is 94.7 Å². The number of aliphatic hydroxyl groups excluding tert-OH is 1. The van der Waals surface area contributed by atoms with Crippen LogP contribution in [0.3, 0.4) is 0 Å². The molecule has 0 unspecified atom stereocenters. The van der Waals surface area contributed by atoms with Crippen molar-refractivity contribution in [2.75, 3.05) is 25.0 Å². The van der Waals surface area contributed by atoms with Gasteiger partial charge in [-0.3, -0.25) is 9.69 Å². The van der Waals surface area contributed by atoms with Gasteiger partial charge in [-0.25, -0.2) is 14.8 Å². The molecule has 0 atom stereocenters. The number of carboxylic acids is 1. The Hall–Kier alpha value is -4.12. The van der Waals surface area contributed by atoms with E-state index >= 15 is 0 Å². The number of aliphatic hydroxyl groups is 1. The van der Waals surface area contributed by atoms with Gasteiger partial charge in [-0.2, -0.15) is 0 Å². The molecule has 0 aliphatic carbocycles. The van der Waals surface area contributed by atoms with E-state index in [9.17, 15) is 14.7 Å². The average molecular weight is 557 g/mol. The Bertz CT molecular complexity index is 1600. The van der Waals surface area contributed by atoms with Crippen LogP contribution in [0.4, 0.5) is 5.82 Å². The Morgan fingerprint density at radius 1 is 1.05 bits per heavy atom. The molecule has 5 rings (SSSR count). The first-order valence-corrected chi connectivity index (χ1v) is 13.4. The molecular weight excluding hydrogens is 532 g/mol. The van der Waals surface area contributed by atoms with Gasteiger partial charge >= 0.3 is 5.97 Å². The fourth-order valence-electron chi connectivity index (χ4n) is 4.26. The number of fused-ring (bicyclic) bond motifs is 1. The molecule has 39 heavy (non-hydrogen) atoms. The topological polar surface area (TPSA) is 116 Å². The summed E-state index contributed by atoms with van der Waals surface area (Å²) in [6.07, 6.45) is 3.91. The highest BCUT2D eigenvalue weighted by Crippen LogP contribution is 2.34. The lowest BCUT2D eigenvalue weighted by Gasteiger charge is -2.14. The molecule has 4 aromatic rings. The first kappa shape index (κ1) is 26.5. The summed E-state index contributed by atoms with van der Waals surface area (Å²) in [6.45, 7) is 0.806. The minimum Gasteiger partial charge on any atom is -0.478 e. The van der Waals surface area contributed by atoms with Crippen LogP contribution < -0.4 is 5.32 Å². The van der Waals surface area contributed by atoms with Gasteiger partial charge in [-0.1, -0.05) is 60.4 Å². The SMILES string of the molecule is O=C(O)c1ccc(CCN2C(=O)/C(=C/c3cccc(-c4ccc5ncnc(NCCO)c5c4)c3)SC2=S)cc1. The Labute approximate surface area is 234 Å². The predicted molar refractivity (Wildman–Crippen MR) is 158 cm³/mol. The maximum Gasteiger partial charge on any atom is 0.335 e. The molecule has 3 aromatic carbocycles. The number of amides is 1. The van der Waals surface area contributed by atoms with E-state index in [4.69, 9.17) is 17.3 Å². The standard InChI is InChI=1S/C29H24N4O4S2/c34-13-11-30-26-23-16-22(8-9-24(23)31-17-32-26)21-3-1-2-19(14-21)15-25-27(35)33(29(38)39-25)12-10-18-4-6-20(7-5-18)28(36)37/h1-9,14-17,34H,10-13H2,(H,36,37)(H,30,31,32)/b25-15-. The summed E-state index contributed by atoms with van der Waals surface area (Å²) in [5.41, 5.74) is 4.78. The third-order valence-electron chi connectivity index (χ3n) is 6.26. The molecule has 0 bridgehead atoms. The van der Waals surface area contributed by atoms with Crippen LogP contribution >= 0.6 is 24.0 Å². The van der Waals surface area contributed by atoms with Crippen molar-refractivity contribution in [3.8, 4) is 11.1 Å². The number of anilines is 1. The second-order valence-electron chi connectivity index (χ2n) is 8.82. The molecular formula is C29H24N4O4S2. The minimum atomic E-state index is -0.970. The quantitative estimate of drug-likeness (QED) is 0.197. The minimum absolute atomic E-state index is 0.000610. The molecule has 0 spiro atoms. The lowest BCUT2D eigenvalue weighted by Crippen LogP contribution is -2.30. The van der Waals surface area contributed by atoms with Crippen LogP contribution in [0.15, 0.2) is 78.0 Å². The molecule has 10 heteroatoms. The summed E-state index contributed by atoms with van der Waals surface area (Å²) in [4.78, 5) is 35.0. The number of aromatic carboxylic acids is 1. The van der Waals surface area contributed by atoms with E-state index in [1.165, 1.54) is 18.1 Å². The number of nitrogens with one attached hydrogen (secondary N) is 1. The fraction of sp³-hybridized carbons (Fsp3) is 0.138. The summed E-state index contributed by atoms with van der Waals surface area (Å²) in [5, 5.41) is 22.2. The Balaban J connectivity index is 1.33. The highest BCUT2D eigenvalue weighted by molar-refractivity contribution is 8.26. The van der Waals surface area contributed by atoms with Crippen LogP contribution in [0.2, 0.25) is 0 Å². The van der Waals surface area contributed by atoms with Crippen molar-refractivity contribution >= 4 is 63.0 Å². The highest BCUT2D eigenvalue weighted by Gasteiger charge is 2.31. The first-order valence-electron chi connectivity index (χ1n) is 12.2. The number of aromatic nitrogens is 2. The van der Waals surface area contributed by atoms with Crippen LogP contribution in [0.25, 0.3) is 28.1 Å². The summed E-state index contributed by atoms with van der Waals surface area (Å²) >= 11 is 6.76. The predicted octanol–water partition coefficient (Wildman–Crippen LogP) is 4.84. The van der Waals surface area contributed by atoms with Crippen molar-refractivity contribution in [3.63, 3.8) is 0 Å². The number of benzene rings is 3. The number of hydrogen-bond donors (Lipinski definition) is 3. The molecule has 2 heterocycles. The largest absolute Gasteiger partial charge is 0.478 e. The lowest BCUT2D eigenvalue weighted by molar-refractivity contribution is -0.122. The summed E-state index contributed by atoms with van der Waals surface area (Å²) in [7, 11) is 0. The third-order valence-corrected chi connectivity index (χ3v) is 7.63. The molecule has 8 nitrogen and oxygen atoms in total. The smallest absolute Gasteiger partial charge is 0.335 e. The number of hydrogen-bond acceptors (Lipinski definition) is 8. The number of thiocarbonyl (C=S) groups is 1. The summed E-state index contributed by atoms with van der Waals surface area (Å²) < 4.78 is 0.502. The van der Waals surface area contributed by atoms with Crippen LogP contribution in [0, 0.1) is 0 Å². The van der Waals surface area contributed by atoms with E-state index in [-0.39, 0.29) is 18.1 Å². The van der Waals surface area contributed by atoms with Gasteiger partial charge in [-0.15, -0.1) is 0 Å². The van der Waals surface area contributed by atoms with E-state index in [0.29, 0.717) is 34.6 Å². The number of carbonyl (C=O) groups is 2. The molecule has 1 aromatic heterocycles. The van der Waals surface area contributed by atoms with Crippen molar-refractivity contribution in [2.45, 2.75) is 6.42 Å². The molecule has 1 amide bonds. The van der Waals surface area contributed by atoms with E-state index < -0.39 is 5.97 Å². The zero-order valence-electron chi connectivity index (χ0n) is 20.7. The molecule has 1 fully saturated rings.